The van der Waals surface area contributed by atoms with E-state index in [4.69, 9.17) is 0 Å². The number of carbonyl (C=O) groups excluding carboxylic acids is 1. The third-order valence-electron chi connectivity index (χ3n) is 5.88. The van der Waals surface area contributed by atoms with Gasteiger partial charge in [0, 0.05) is 45.8 Å². The van der Waals surface area contributed by atoms with Gasteiger partial charge in [-0.1, -0.05) is 6.07 Å². The third-order valence-corrected chi connectivity index (χ3v) is 6.46. The summed E-state index contributed by atoms with van der Waals surface area (Å²) in [5.74, 6) is -0.181. The number of fused-ring (bicyclic) bond motifs is 1. The zero-order chi connectivity index (χ0) is 23.5. The van der Waals surface area contributed by atoms with Crippen LogP contribution in [0.2, 0.25) is 0 Å². The van der Waals surface area contributed by atoms with Gasteiger partial charge in [-0.15, -0.1) is 0 Å². The number of piperazine rings is 1. The Morgan fingerprint density at radius 1 is 1.12 bits per heavy atom. The first-order valence-electron chi connectivity index (χ1n) is 11.1. The molecule has 1 amide bonds. The molecule has 1 aliphatic heterocycles. The number of aromatic nitrogens is 3. The summed E-state index contributed by atoms with van der Waals surface area (Å²) < 4.78 is 1.87. The second kappa shape index (κ2) is 9.88. The number of halogens is 1. The van der Waals surface area contributed by atoms with E-state index in [0.717, 1.165) is 44.0 Å². The molecule has 4 rings (SSSR count). The van der Waals surface area contributed by atoms with Crippen molar-refractivity contribution in [3.8, 4) is 0 Å². The summed E-state index contributed by atoms with van der Waals surface area (Å²) in [6.45, 7) is 8.66. The summed E-state index contributed by atoms with van der Waals surface area (Å²) >= 11 is 3.51. The van der Waals surface area contributed by atoms with Crippen LogP contribution in [0.15, 0.2) is 44.5 Å². The number of carbonyl (C=O) groups is 1. The van der Waals surface area contributed by atoms with E-state index >= 15 is 0 Å². The van der Waals surface area contributed by atoms with E-state index in [9.17, 15) is 14.4 Å². The Labute approximate surface area is 199 Å². The highest BCUT2D eigenvalue weighted by Gasteiger charge is 2.21. The number of hydrogen-bond acceptors (Lipinski definition) is 6. The van der Waals surface area contributed by atoms with E-state index in [0.29, 0.717) is 34.3 Å². The Hall–Kier alpha value is -2.98. The zero-order valence-electron chi connectivity index (χ0n) is 18.7. The largest absolute Gasteiger partial charge is 0.367 e. The summed E-state index contributed by atoms with van der Waals surface area (Å²) in [5.41, 5.74) is 2.36. The molecule has 9 nitrogen and oxygen atoms in total. The van der Waals surface area contributed by atoms with Gasteiger partial charge in [-0.25, -0.2) is 9.78 Å². The number of hydrogen-bond donors (Lipinski definition) is 2. The molecular formula is C23H27BrN6O3. The minimum absolute atomic E-state index is 0.181. The van der Waals surface area contributed by atoms with Gasteiger partial charge in [0.15, 0.2) is 0 Å². The van der Waals surface area contributed by atoms with Crippen molar-refractivity contribution in [1.82, 2.24) is 24.8 Å². The summed E-state index contributed by atoms with van der Waals surface area (Å²) in [7, 11) is 0. The lowest BCUT2D eigenvalue weighted by Gasteiger charge is -2.36. The zero-order valence-corrected chi connectivity index (χ0v) is 20.3. The fraction of sp³-hybridized carbons (Fsp3) is 0.391. The topological polar surface area (TPSA) is 103 Å². The van der Waals surface area contributed by atoms with Crippen LogP contribution in [0, 0.1) is 0 Å². The molecule has 2 N–H and O–H groups in total. The highest BCUT2D eigenvalue weighted by atomic mass is 79.9. The highest BCUT2D eigenvalue weighted by Crippen LogP contribution is 2.26. The first-order chi connectivity index (χ1) is 15.9. The smallest absolute Gasteiger partial charge is 0.328 e. The molecule has 0 atom stereocenters. The van der Waals surface area contributed by atoms with Crippen molar-refractivity contribution in [3.63, 3.8) is 0 Å². The molecule has 0 bridgehead atoms. The predicted octanol–water partition coefficient (Wildman–Crippen LogP) is 1.94. The van der Waals surface area contributed by atoms with E-state index in [1.807, 2.05) is 25.1 Å². The number of amides is 1. The predicted molar refractivity (Wildman–Crippen MR) is 132 cm³/mol. The van der Waals surface area contributed by atoms with E-state index in [-0.39, 0.29) is 17.2 Å². The van der Waals surface area contributed by atoms with Gasteiger partial charge in [0.05, 0.1) is 16.6 Å². The van der Waals surface area contributed by atoms with Crippen LogP contribution in [0.25, 0.3) is 10.9 Å². The van der Waals surface area contributed by atoms with E-state index in [1.165, 1.54) is 4.57 Å². The molecule has 0 spiro atoms. The van der Waals surface area contributed by atoms with Gasteiger partial charge in [0.2, 0.25) is 0 Å². The van der Waals surface area contributed by atoms with Gasteiger partial charge >= 0.3 is 5.69 Å². The van der Waals surface area contributed by atoms with Crippen molar-refractivity contribution in [2.24, 2.45) is 0 Å². The summed E-state index contributed by atoms with van der Waals surface area (Å²) in [4.78, 5) is 48.4. The van der Waals surface area contributed by atoms with Crippen molar-refractivity contribution >= 4 is 38.4 Å². The maximum Gasteiger partial charge on any atom is 0.328 e. The quantitative estimate of drug-likeness (QED) is 0.487. The fourth-order valence-corrected chi connectivity index (χ4v) is 4.71. The molecule has 0 radical (unpaired) electrons. The van der Waals surface area contributed by atoms with Crippen LogP contribution in [0.4, 0.5) is 5.69 Å². The number of nitrogens with one attached hydrogen (secondary N) is 2. The first-order valence-corrected chi connectivity index (χ1v) is 11.9. The van der Waals surface area contributed by atoms with Crippen LogP contribution >= 0.6 is 15.9 Å². The monoisotopic (exact) mass is 514 g/mol. The van der Waals surface area contributed by atoms with Crippen molar-refractivity contribution < 1.29 is 4.79 Å². The maximum atomic E-state index is 12.5. The van der Waals surface area contributed by atoms with E-state index in [2.05, 4.69) is 41.0 Å². The average molecular weight is 515 g/mol. The minimum atomic E-state index is -0.377. The molecule has 1 aliphatic rings. The third kappa shape index (κ3) is 4.86. The molecule has 0 saturated carbocycles. The first kappa shape index (κ1) is 23.2. The number of pyridine rings is 1. The van der Waals surface area contributed by atoms with Crippen LogP contribution in [0.3, 0.4) is 0 Å². The molecule has 2 aromatic heterocycles. The van der Waals surface area contributed by atoms with Gasteiger partial charge < -0.3 is 15.2 Å². The van der Waals surface area contributed by atoms with Crippen LogP contribution in [0.1, 0.15) is 29.9 Å². The molecule has 174 valence electrons. The SMILES string of the molecule is CCNC(=O)c1ccc(N2CCN(Cc3ccc4c(=O)n(CC)c(=O)[nH]c4c3)CC2)c(Br)n1. The number of H-pyrrole nitrogens is 1. The molecule has 0 unspecified atom stereocenters. The average Bonchev–Trinajstić information content (AvgIpc) is 2.80. The van der Waals surface area contributed by atoms with Crippen LogP contribution in [-0.2, 0) is 13.1 Å². The fourth-order valence-electron chi connectivity index (χ4n) is 4.13. The molecule has 1 fully saturated rings. The van der Waals surface area contributed by atoms with Crippen molar-refractivity contribution in [1.29, 1.82) is 0 Å². The summed E-state index contributed by atoms with van der Waals surface area (Å²) in [6, 6.07) is 9.32. The van der Waals surface area contributed by atoms with Gasteiger partial charge in [-0.3, -0.25) is 19.1 Å². The van der Waals surface area contributed by atoms with E-state index in [1.54, 1.807) is 19.1 Å². The molecule has 10 heteroatoms. The molecular weight excluding hydrogens is 488 g/mol. The van der Waals surface area contributed by atoms with Crippen LogP contribution in [0.5, 0.6) is 0 Å². The van der Waals surface area contributed by atoms with Gasteiger partial charge in [0.1, 0.15) is 10.3 Å². The number of anilines is 1. The number of benzene rings is 1. The Morgan fingerprint density at radius 2 is 1.88 bits per heavy atom. The summed E-state index contributed by atoms with van der Waals surface area (Å²) in [6.07, 6.45) is 0. The molecule has 0 aliphatic carbocycles. The minimum Gasteiger partial charge on any atom is -0.367 e. The number of aromatic amines is 1. The molecule has 1 aromatic carbocycles. The lowest BCUT2D eigenvalue weighted by molar-refractivity contribution is 0.0950. The van der Waals surface area contributed by atoms with Crippen LogP contribution < -0.4 is 21.5 Å². The Morgan fingerprint density at radius 3 is 2.55 bits per heavy atom. The van der Waals surface area contributed by atoms with E-state index < -0.39 is 0 Å². The maximum absolute atomic E-state index is 12.5. The van der Waals surface area contributed by atoms with Crippen molar-refractivity contribution in [2.75, 3.05) is 37.6 Å². The normalized spacial score (nSPS) is 14.6. The Balaban J connectivity index is 1.42. The molecule has 3 aromatic rings. The summed E-state index contributed by atoms with van der Waals surface area (Å²) in [5, 5.41) is 3.29. The Bertz CT molecular complexity index is 1290. The second-order valence-electron chi connectivity index (χ2n) is 7.99. The van der Waals surface area contributed by atoms with Gasteiger partial charge in [0.25, 0.3) is 11.5 Å². The van der Waals surface area contributed by atoms with Crippen molar-refractivity contribution in [3.05, 3.63) is 67.0 Å². The standard InChI is InChI=1S/C23H27BrN6O3/c1-3-25-21(31)17-7-8-19(20(24)26-17)29-11-9-28(10-12-29)14-15-5-6-16-18(13-15)27-23(33)30(4-2)22(16)32/h5-8,13H,3-4,9-12,14H2,1-2H3,(H,25,31)(H,27,33). The lowest BCUT2D eigenvalue weighted by atomic mass is 10.1. The molecule has 3 heterocycles. The van der Waals surface area contributed by atoms with Crippen molar-refractivity contribution in [2.45, 2.75) is 26.9 Å². The number of nitrogens with zero attached hydrogens (tertiary/aromatic N) is 4. The second-order valence-corrected chi connectivity index (χ2v) is 8.74. The Kier molecular flexibility index (Phi) is 6.94. The molecule has 33 heavy (non-hydrogen) atoms. The number of rotatable bonds is 6. The van der Waals surface area contributed by atoms with Crippen LogP contribution in [-0.4, -0.2) is 58.1 Å². The lowest BCUT2D eigenvalue weighted by Crippen LogP contribution is -2.46. The van der Waals surface area contributed by atoms with Gasteiger partial charge in [-0.05, 0) is 59.6 Å². The molecule has 1 saturated heterocycles. The highest BCUT2D eigenvalue weighted by molar-refractivity contribution is 9.10. The van der Waals surface area contributed by atoms with Gasteiger partial charge in [-0.2, -0.15) is 0 Å².